The summed E-state index contributed by atoms with van der Waals surface area (Å²) >= 11 is 0. The molecular formula is C35H33BrN2O2. The molecule has 5 aromatic rings. The smallest absolute Gasteiger partial charge is 0.226 e. The molecule has 0 unspecified atom stereocenters. The van der Waals surface area contributed by atoms with Gasteiger partial charge in [0.2, 0.25) is 16.9 Å². The van der Waals surface area contributed by atoms with Crippen LogP contribution in [0.2, 0.25) is 0 Å². The van der Waals surface area contributed by atoms with Gasteiger partial charge in [-0.05, 0) is 58.8 Å². The van der Waals surface area contributed by atoms with Crippen molar-refractivity contribution in [1.29, 1.82) is 0 Å². The van der Waals surface area contributed by atoms with Gasteiger partial charge < -0.3 is 26.6 Å². The highest BCUT2D eigenvalue weighted by molar-refractivity contribution is 6.09. The van der Waals surface area contributed by atoms with Crippen molar-refractivity contribution in [3.63, 3.8) is 0 Å². The predicted octanol–water partition coefficient (Wildman–Crippen LogP) is 4.50. The highest BCUT2D eigenvalue weighted by Gasteiger charge is 2.43. The van der Waals surface area contributed by atoms with Crippen molar-refractivity contribution in [3.8, 4) is 11.4 Å². The van der Waals surface area contributed by atoms with Gasteiger partial charge in [0.05, 0.1) is 12.7 Å². The van der Waals surface area contributed by atoms with Crippen LogP contribution in [-0.2, 0) is 0 Å². The molecule has 0 N–H and O–H groups in total. The molecule has 0 bridgehead atoms. The Balaban J connectivity index is 0.00000323. The Kier molecular flexibility index (Phi) is 7.28. The molecule has 0 spiro atoms. The lowest BCUT2D eigenvalue weighted by molar-refractivity contribution is -0.570. The monoisotopic (exact) mass is 592 g/mol. The van der Waals surface area contributed by atoms with Crippen LogP contribution < -0.4 is 31.2 Å². The molecule has 1 aromatic heterocycles. The molecule has 5 heteroatoms. The number of ether oxygens (including phenoxy) is 1. The summed E-state index contributed by atoms with van der Waals surface area (Å²) in [6.07, 6.45) is 2.72. The molecule has 0 fully saturated rings. The average molecular weight is 594 g/mol. The number of aromatic nitrogens is 1. The van der Waals surface area contributed by atoms with Crippen molar-refractivity contribution < 1.29 is 31.1 Å². The number of ketones is 1. The van der Waals surface area contributed by atoms with E-state index in [9.17, 15) is 4.79 Å². The Morgan fingerprint density at radius 3 is 2.12 bits per heavy atom. The summed E-state index contributed by atoms with van der Waals surface area (Å²) in [7, 11) is 5.77. The van der Waals surface area contributed by atoms with Gasteiger partial charge in [0.25, 0.3) is 0 Å². The highest BCUT2D eigenvalue weighted by Crippen LogP contribution is 2.45. The number of benzene rings is 4. The number of nitrogens with zero attached hydrogens (tertiary/aromatic N) is 2. The van der Waals surface area contributed by atoms with Crippen molar-refractivity contribution in [1.82, 2.24) is 0 Å². The fraction of sp³-hybridized carbons (Fsp3) is 0.200. The number of fused-ring (bicyclic) bond motifs is 3. The van der Waals surface area contributed by atoms with Gasteiger partial charge in [0, 0.05) is 60.8 Å². The average Bonchev–Trinajstić information content (AvgIpc) is 2.93. The topological polar surface area (TPSA) is 33.4 Å². The van der Waals surface area contributed by atoms with E-state index in [-0.39, 0.29) is 28.2 Å². The van der Waals surface area contributed by atoms with Crippen LogP contribution in [0.4, 0.5) is 5.69 Å². The largest absolute Gasteiger partial charge is 1.00 e. The molecule has 0 saturated carbocycles. The van der Waals surface area contributed by atoms with E-state index in [1.54, 1.807) is 7.11 Å². The van der Waals surface area contributed by atoms with Crippen LogP contribution in [0.1, 0.15) is 41.9 Å². The number of pyridine rings is 1. The Bertz CT molecular complexity index is 1770. The molecule has 40 heavy (non-hydrogen) atoms. The Morgan fingerprint density at radius 2 is 1.50 bits per heavy atom. The molecule has 0 saturated heterocycles. The number of rotatable bonds is 4. The third kappa shape index (κ3) is 4.79. The summed E-state index contributed by atoms with van der Waals surface area (Å²) < 4.78 is 7.73. The number of Topliss-reactive ketones (excluding diaryl/α,β-unsaturated/α-hetero) is 1. The minimum Gasteiger partial charge on any atom is -1.00 e. The number of carbonyl (C=O) groups is 1. The van der Waals surface area contributed by atoms with Crippen molar-refractivity contribution in [2.24, 2.45) is 5.41 Å². The molecule has 1 aliphatic rings. The van der Waals surface area contributed by atoms with Gasteiger partial charge in [-0.2, -0.15) is 4.57 Å². The molecule has 1 aliphatic carbocycles. The van der Waals surface area contributed by atoms with Gasteiger partial charge >= 0.3 is 0 Å². The minimum absolute atomic E-state index is 0. The number of halogens is 1. The first-order valence-electron chi connectivity index (χ1n) is 13.3. The van der Waals surface area contributed by atoms with Crippen molar-refractivity contribution >= 4 is 44.8 Å². The van der Waals surface area contributed by atoms with Crippen LogP contribution in [0.5, 0.6) is 5.75 Å². The molecule has 4 aromatic carbocycles. The first-order valence-corrected chi connectivity index (χ1v) is 13.3. The number of carbonyl (C=O) groups excluding carboxylic acids is 1. The van der Waals surface area contributed by atoms with E-state index >= 15 is 0 Å². The Labute approximate surface area is 246 Å². The third-order valence-electron chi connectivity index (χ3n) is 7.85. The molecular weight excluding hydrogens is 560 g/mol. The summed E-state index contributed by atoms with van der Waals surface area (Å²) in [4.78, 5) is 15.8. The standard InChI is InChI=1S/C35H33N2O2.BrH/c1-35(2)22-33(38)30-20-26-19-24-8-6-7-9-25(24)21-32(26)37(28-14-16-29(39-5)17-15-28)34(30)31(35)18-23-10-12-27(13-11-23)36(3)4;/h6-21H,22H2,1-5H3;1H/q+1;/p-1. The maximum absolute atomic E-state index is 13.7. The van der Waals surface area contributed by atoms with Crippen LogP contribution in [-0.4, -0.2) is 27.0 Å². The zero-order valence-electron chi connectivity index (χ0n) is 23.5. The highest BCUT2D eigenvalue weighted by atomic mass is 79.9. The van der Waals surface area contributed by atoms with E-state index in [1.807, 2.05) is 26.2 Å². The van der Waals surface area contributed by atoms with Gasteiger partial charge in [-0.15, -0.1) is 0 Å². The van der Waals surface area contributed by atoms with Gasteiger partial charge in [-0.1, -0.05) is 50.2 Å². The van der Waals surface area contributed by atoms with E-state index in [1.165, 1.54) is 5.39 Å². The van der Waals surface area contributed by atoms with E-state index < -0.39 is 0 Å². The second-order valence-electron chi connectivity index (χ2n) is 11.2. The second-order valence-corrected chi connectivity index (χ2v) is 11.2. The molecule has 1 heterocycles. The zero-order chi connectivity index (χ0) is 27.3. The van der Waals surface area contributed by atoms with Crippen LogP contribution in [0.3, 0.4) is 0 Å². The molecule has 0 aliphatic heterocycles. The molecule has 0 radical (unpaired) electrons. The lowest BCUT2D eigenvalue weighted by Crippen LogP contribution is -3.00. The Hall–Kier alpha value is -3.96. The van der Waals surface area contributed by atoms with Crippen molar-refractivity contribution in [2.75, 3.05) is 26.1 Å². The second kappa shape index (κ2) is 10.5. The summed E-state index contributed by atoms with van der Waals surface area (Å²) in [5, 5.41) is 3.37. The lowest BCUT2D eigenvalue weighted by Gasteiger charge is -2.32. The zero-order valence-corrected chi connectivity index (χ0v) is 25.1. The molecule has 0 amide bonds. The van der Waals surface area contributed by atoms with E-state index in [0.29, 0.717) is 6.42 Å². The van der Waals surface area contributed by atoms with Gasteiger partial charge in [-0.25, -0.2) is 0 Å². The molecule has 0 atom stereocenters. The number of methoxy groups -OCH3 is 1. The van der Waals surface area contributed by atoms with Crippen LogP contribution >= 0.6 is 0 Å². The van der Waals surface area contributed by atoms with E-state index in [4.69, 9.17) is 4.74 Å². The first-order chi connectivity index (χ1) is 18.7. The van der Waals surface area contributed by atoms with Crippen LogP contribution in [0.25, 0.3) is 39.0 Å². The van der Waals surface area contributed by atoms with Crippen LogP contribution in [0, 0.1) is 5.41 Å². The summed E-state index contributed by atoms with van der Waals surface area (Å²) in [6.45, 7) is 4.35. The summed E-state index contributed by atoms with van der Waals surface area (Å²) in [6, 6.07) is 31.6. The minimum atomic E-state index is -0.344. The fourth-order valence-electron chi connectivity index (χ4n) is 5.71. The van der Waals surface area contributed by atoms with Gasteiger partial charge in [-0.3, -0.25) is 4.79 Å². The van der Waals surface area contributed by atoms with Gasteiger partial charge in [0.15, 0.2) is 5.78 Å². The molecule has 6 rings (SSSR count). The van der Waals surface area contributed by atoms with Crippen LogP contribution in [0.15, 0.2) is 91.0 Å². The van der Waals surface area contributed by atoms with Gasteiger partial charge in [0.1, 0.15) is 5.75 Å². The summed E-state index contributed by atoms with van der Waals surface area (Å²) in [5.74, 6) is 0.972. The molecule has 202 valence electrons. The molecule has 4 nitrogen and oxygen atoms in total. The normalized spacial score (nSPS) is 15.1. The number of hydrogen-bond donors (Lipinski definition) is 0. The maximum atomic E-state index is 13.7. The SMILES string of the molecule is COc1ccc(-[n+]2c3c(cc4cc5ccccc5cc42)C(=O)CC(C)(C)/C3=C/c2ccc(N(C)C)cc2)cc1.[Br-]. The van der Waals surface area contributed by atoms with E-state index in [0.717, 1.165) is 55.8 Å². The number of anilines is 1. The summed E-state index contributed by atoms with van der Waals surface area (Å²) in [5.41, 5.74) is 6.86. The lowest BCUT2D eigenvalue weighted by atomic mass is 9.70. The maximum Gasteiger partial charge on any atom is 0.226 e. The number of allylic oxidation sites excluding steroid dienone is 1. The van der Waals surface area contributed by atoms with E-state index in [2.05, 4.69) is 108 Å². The number of hydrogen-bond acceptors (Lipinski definition) is 3. The fourth-order valence-corrected chi connectivity index (χ4v) is 5.71. The van der Waals surface area contributed by atoms with Crippen molar-refractivity contribution in [2.45, 2.75) is 20.3 Å². The predicted molar refractivity (Wildman–Crippen MR) is 161 cm³/mol. The van der Waals surface area contributed by atoms with Crippen molar-refractivity contribution in [3.05, 3.63) is 108 Å². The Morgan fingerprint density at radius 1 is 0.850 bits per heavy atom. The third-order valence-corrected chi connectivity index (χ3v) is 7.85. The first kappa shape index (κ1) is 27.6. The quantitative estimate of drug-likeness (QED) is 0.227.